The number of likely N-dealkylation sites (N-methyl/N-ethyl adjacent to an activating group) is 1. The summed E-state index contributed by atoms with van der Waals surface area (Å²) in [6.07, 6.45) is 1.13. The third-order valence-electron chi connectivity index (χ3n) is 4.00. The lowest BCUT2D eigenvalue weighted by Crippen LogP contribution is -2.44. The molecule has 1 saturated heterocycles. The summed E-state index contributed by atoms with van der Waals surface area (Å²) in [5.41, 5.74) is 4.42. The van der Waals surface area contributed by atoms with Crippen LogP contribution < -0.4 is 4.90 Å². The Morgan fingerprint density at radius 2 is 1.78 bits per heavy atom. The van der Waals surface area contributed by atoms with Crippen LogP contribution in [0, 0.1) is 0 Å². The van der Waals surface area contributed by atoms with Gasteiger partial charge in [0.1, 0.15) is 0 Å². The Morgan fingerprint density at radius 3 is 2.33 bits per heavy atom. The predicted octanol–water partition coefficient (Wildman–Crippen LogP) is 3.12. The SMILES string of the molecule is CCc1ccc(C(C)C)cc1N1CCN(C)CC1. The average Bonchev–Trinajstić information content (AvgIpc) is 2.39. The highest BCUT2D eigenvalue weighted by Gasteiger charge is 2.17. The molecular weight excluding hydrogens is 220 g/mol. The van der Waals surface area contributed by atoms with Crippen LogP contribution in [0.2, 0.25) is 0 Å². The van der Waals surface area contributed by atoms with E-state index in [1.807, 2.05) is 0 Å². The van der Waals surface area contributed by atoms with Crippen LogP contribution in [0.5, 0.6) is 0 Å². The summed E-state index contributed by atoms with van der Waals surface area (Å²) < 4.78 is 0. The van der Waals surface area contributed by atoms with Gasteiger partial charge in [0.15, 0.2) is 0 Å². The molecule has 1 aliphatic heterocycles. The van der Waals surface area contributed by atoms with Crippen LogP contribution in [-0.2, 0) is 6.42 Å². The van der Waals surface area contributed by atoms with Crippen LogP contribution in [0.1, 0.15) is 37.8 Å². The minimum Gasteiger partial charge on any atom is -0.369 e. The van der Waals surface area contributed by atoms with Gasteiger partial charge in [-0.25, -0.2) is 0 Å². The highest BCUT2D eigenvalue weighted by Crippen LogP contribution is 2.27. The van der Waals surface area contributed by atoms with Gasteiger partial charge in [-0.2, -0.15) is 0 Å². The number of piperazine rings is 1. The van der Waals surface area contributed by atoms with E-state index in [0.29, 0.717) is 5.92 Å². The van der Waals surface area contributed by atoms with E-state index in [1.165, 1.54) is 29.9 Å². The Balaban J connectivity index is 2.26. The molecule has 0 saturated carbocycles. The summed E-state index contributed by atoms with van der Waals surface area (Å²) in [4.78, 5) is 4.97. The third kappa shape index (κ3) is 2.86. The Kier molecular flexibility index (Phi) is 4.28. The number of aryl methyl sites for hydroxylation is 1. The van der Waals surface area contributed by atoms with Crippen molar-refractivity contribution in [2.75, 3.05) is 38.1 Å². The maximum absolute atomic E-state index is 2.56. The second-order valence-electron chi connectivity index (χ2n) is 5.69. The smallest absolute Gasteiger partial charge is 0.0402 e. The molecule has 18 heavy (non-hydrogen) atoms. The van der Waals surface area contributed by atoms with Gasteiger partial charge in [0.2, 0.25) is 0 Å². The highest BCUT2D eigenvalue weighted by atomic mass is 15.2. The van der Waals surface area contributed by atoms with Crippen LogP contribution >= 0.6 is 0 Å². The number of anilines is 1. The zero-order valence-electron chi connectivity index (χ0n) is 12.2. The maximum Gasteiger partial charge on any atom is 0.0402 e. The molecule has 0 spiro atoms. The molecule has 0 atom stereocenters. The van der Waals surface area contributed by atoms with Gasteiger partial charge in [-0.1, -0.05) is 32.9 Å². The molecular formula is C16H26N2. The van der Waals surface area contributed by atoms with Gasteiger partial charge in [-0.05, 0) is 36.6 Å². The predicted molar refractivity (Wildman–Crippen MR) is 79.6 cm³/mol. The van der Waals surface area contributed by atoms with Crippen LogP contribution in [-0.4, -0.2) is 38.1 Å². The molecule has 0 aliphatic carbocycles. The monoisotopic (exact) mass is 246 g/mol. The van der Waals surface area contributed by atoms with E-state index in [4.69, 9.17) is 0 Å². The molecule has 0 unspecified atom stereocenters. The van der Waals surface area contributed by atoms with Crippen molar-refractivity contribution in [1.29, 1.82) is 0 Å². The van der Waals surface area contributed by atoms with E-state index in [-0.39, 0.29) is 0 Å². The fraction of sp³-hybridized carbons (Fsp3) is 0.625. The molecule has 0 N–H and O–H groups in total. The lowest BCUT2D eigenvalue weighted by atomic mass is 9.98. The number of hydrogen-bond acceptors (Lipinski definition) is 2. The van der Waals surface area contributed by atoms with Gasteiger partial charge in [-0.15, -0.1) is 0 Å². The second-order valence-corrected chi connectivity index (χ2v) is 5.69. The molecule has 0 bridgehead atoms. The normalized spacial score (nSPS) is 17.5. The fourth-order valence-electron chi connectivity index (χ4n) is 2.58. The number of benzene rings is 1. The first kappa shape index (κ1) is 13.4. The Hall–Kier alpha value is -1.02. The molecule has 1 aliphatic rings. The molecule has 0 radical (unpaired) electrons. The van der Waals surface area contributed by atoms with Gasteiger partial charge in [-0.3, -0.25) is 0 Å². The minimum atomic E-state index is 0.613. The fourth-order valence-corrected chi connectivity index (χ4v) is 2.58. The minimum absolute atomic E-state index is 0.613. The first-order valence-corrected chi connectivity index (χ1v) is 7.18. The third-order valence-corrected chi connectivity index (χ3v) is 4.00. The summed E-state index contributed by atoms with van der Waals surface area (Å²) in [6, 6.07) is 7.03. The number of nitrogens with zero attached hydrogens (tertiary/aromatic N) is 2. The first-order chi connectivity index (χ1) is 8.61. The van der Waals surface area contributed by atoms with Crippen LogP contribution in [0.15, 0.2) is 18.2 Å². The molecule has 1 aromatic carbocycles. The first-order valence-electron chi connectivity index (χ1n) is 7.18. The van der Waals surface area contributed by atoms with Gasteiger partial charge in [0, 0.05) is 31.9 Å². The quantitative estimate of drug-likeness (QED) is 0.808. The lowest BCUT2D eigenvalue weighted by Gasteiger charge is -2.35. The van der Waals surface area contributed by atoms with Crippen molar-refractivity contribution in [3.05, 3.63) is 29.3 Å². The zero-order chi connectivity index (χ0) is 13.1. The largest absolute Gasteiger partial charge is 0.369 e. The average molecular weight is 246 g/mol. The molecule has 2 heteroatoms. The Bertz CT molecular complexity index is 390. The van der Waals surface area contributed by atoms with E-state index >= 15 is 0 Å². The van der Waals surface area contributed by atoms with E-state index in [1.54, 1.807) is 0 Å². The Morgan fingerprint density at radius 1 is 1.11 bits per heavy atom. The zero-order valence-corrected chi connectivity index (χ0v) is 12.2. The van der Waals surface area contributed by atoms with Gasteiger partial charge in [0.25, 0.3) is 0 Å². The van der Waals surface area contributed by atoms with Crippen molar-refractivity contribution in [3.63, 3.8) is 0 Å². The standard InChI is InChI=1S/C16H26N2/c1-5-14-6-7-15(13(2)3)12-16(14)18-10-8-17(4)9-11-18/h6-7,12-13H,5,8-11H2,1-4H3. The topological polar surface area (TPSA) is 6.48 Å². The highest BCUT2D eigenvalue weighted by molar-refractivity contribution is 5.56. The summed E-state index contributed by atoms with van der Waals surface area (Å²) in [6.45, 7) is 11.5. The molecule has 0 aromatic heterocycles. The van der Waals surface area contributed by atoms with Gasteiger partial charge < -0.3 is 9.80 Å². The van der Waals surface area contributed by atoms with Crippen LogP contribution in [0.4, 0.5) is 5.69 Å². The molecule has 2 nitrogen and oxygen atoms in total. The molecule has 1 aromatic rings. The summed E-state index contributed by atoms with van der Waals surface area (Å²) in [5, 5.41) is 0. The van der Waals surface area contributed by atoms with Crippen LogP contribution in [0.3, 0.4) is 0 Å². The van der Waals surface area contributed by atoms with E-state index < -0.39 is 0 Å². The van der Waals surface area contributed by atoms with Gasteiger partial charge >= 0.3 is 0 Å². The van der Waals surface area contributed by atoms with Crippen molar-refractivity contribution >= 4 is 5.69 Å². The number of hydrogen-bond donors (Lipinski definition) is 0. The Labute approximate surface area is 112 Å². The maximum atomic E-state index is 2.56. The number of rotatable bonds is 3. The molecule has 2 rings (SSSR count). The van der Waals surface area contributed by atoms with E-state index in [2.05, 4.69) is 55.8 Å². The van der Waals surface area contributed by atoms with Crippen molar-refractivity contribution < 1.29 is 0 Å². The second kappa shape index (κ2) is 5.75. The van der Waals surface area contributed by atoms with Gasteiger partial charge in [0.05, 0.1) is 0 Å². The molecule has 0 amide bonds. The summed E-state index contributed by atoms with van der Waals surface area (Å²) in [7, 11) is 2.21. The summed E-state index contributed by atoms with van der Waals surface area (Å²) in [5.74, 6) is 0.613. The molecule has 1 fully saturated rings. The van der Waals surface area contributed by atoms with Crippen molar-refractivity contribution in [3.8, 4) is 0 Å². The van der Waals surface area contributed by atoms with Crippen molar-refractivity contribution in [1.82, 2.24) is 4.90 Å². The lowest BCUT2D eigenvalue weighted by molar-refractivity contribution is 0.312. The van der Waals surface area contributed by atoms with Crippen molar-refractivity contribution in [2.24, 2.45) is 0 Å². The summed E-state index contributed by atoms with van der Waals surface area (Å²) >= 11 is 0. The van der Waals surface area contributed by atoms with Crippen LogP contribution in [0.25, 0.3) is 0 Å². The van der Waals surface area contributed by atoms with E-state index in [0.717, 1.165) is 19.5 Å². The van der Waals surface area contributed by atoms with E-state index in [9.17, 15) is 0 Å². The molecule has 100 valence electrons. The molecule has 1 heterocycles. The van der Waals surface area contributed by atoms with Crippen molar-refractivity contribution in [2.45, 2.75) is 33.1 Å².